The standard InChI is InChI=1S/C7H5BrN2/c1-5-7(8)2-6(3-9)4-10-5/h2,4H,1H3. The van der Waals surface area contributed by atoms with Gasteiger partial charge in [-0.3, -0.25) is 4.98 Å². The van der Waals surface area contributed by atoms with Gasteiger partial charge < -0.3 is 0 Å². The molecule has 0 saturated heterocycles. The van der Waals surface area contributed by atoms with Crippen LogP contribution < -0.4 is 0 Å². The van der Waals surface area contributed by atoms with Crippen LogP contribution in [0.4, 0.5) is 0 Å². The molecule has 1 rings (SSSR count). The number of aromatic nitrogens is 1. The Kier molecular flexibility index (Phi) is 2.03. The van der Waals surface area contributed by atoms with Crippen molar-refractivity contribution in [3.63, 3.8) is 0 Å². The number of hydrogen-bond acceptors (Lipinski definition) is 2. The first-order chi connectivity index (χ1) is 4.74. The van der Waals surface area contributed by atoms with Crippen molar-refractivity contribution in [2.24, 2.45) is 0 Å². The molecule has 0 aromatic carbocycles. The third-order valence-electron chi connectivity index (χ3n) is 1.15. The lowest BCUT2D eigenvalue weighted by atomic mass is 10.3. The fraction of sp³-hybridized carbons (Fsp3) is 0.143. The highest BCUT2D eigenvalue weighted by molar-refractivity contribution is 9.10. The van der Waals surface area contributed by atoms with Crippen LogP contribution in [0.2, 0.25) is 0 Å². The van der Waals surface area contributed by atoms with Gasteiger partial charge in [0.05, 0.1) is 11.3 Å². The zero-order chi connectivity index (χ0) is 7.56. The lowest BCUT2D eigenvalue weighted by Crippen LogP contribution is -1.83. The Bertz CT molecular complexity index is 288. The summed E-state index contributed by atoms with van der Waals surface area (Å²) in [5.74, 6) is 0. The summed E-state index contributed by atoms with van der Waals surface area (Å²) in [5, 5.41) is 8.44. The largest absolute Gasteiger partial charge is 0.259 e. The van der Waals surface area contributed by atoms with Crippen LogP contribution in [0.25, 0.3) is 0 Å². The van der Waals surface area contributed by atoms with Crippen LogP contribution in [0.3, 0.4) is 0 Å². The second-order valence-corrected chi connectivity index (χ2v) is 2.76. The highest BCUT2D eigenvalue weighted by Gasteiger charge is 1.95. The summed E-state index contributed by atoms with van der Waals surface area (Å²) in [6.45, 7) is 1.88. The van der Waals surface area contributed by atoms with Gasteiger partial charge in [-0.25, -0.2) is 0 Å². The molecule has 0 amide bonds. The van der Waals surface area contributed by atoms with E-state index in [1.165, 1.54) is 0 Å². The number of nitriles is 1. The highest BCUT2D eigenvalue weighted by atomic mass is 79.9. The summed E-state index contributed by atoms with van der Waals surface area (Å²) in [5.41, 5.74) is 1.48. The maximum atomic E-state index is 8.44. The van der Waals surface area contributed by atoms with E-state index in [0.717, 1.165) is 10.2 Å². The van der Waals surface area contributed by atoms with Gasteiger partial charge in [-0.2, -0.15) is 5.26 Å². The summed E-state index contributed by atoms with van der Waals surface area (Å²) in [7, 11) is 0. The Hall–Kier alpha value is -0.880. The molecule has 0 unspecified atom stereocenters. The van der Waals surface area contributed by atoms with Crippen molar-refractivity contribution >= 4 is 15.9 Å². The molecule has 1 aromatic heterocycles. The summed E-state index contributed by atoms with van der Waals surface area (Å²) in [6, 6.07) is 3.75. The van der Waals surface area contributed by atoms with E-state index >= 15 is 0 Å². The number of hydrogen-bond donors (Lipinski definition) is 0. The smallest absolute Gasteiger partial charge is 0.101 e. The molecular formula is C7H5BrN2. The minimum Gasteiger partial charge on any atom is -0.259 e. The Morgan fingerprint density at radius 3 is 2.90 bits per heavy atom. The maximum absolute atomic E-state index is 8.44. The zero-order valence-corrected chi connectivity index (χ0v) is 7.01. The summed E-state index contributed by atoms with van der Waals surface area (Å²) in [4.78, 5) is 3.98. The Balaban J connectivity index is 3.20. The van der Waals surface area contributed by atoms with Gasteiger partial charge in [0.2, 0.25) is 0 Å². The van der Waals surface area contributed by atoms with Crippen LogP contribution in [-0.4, -0.2) is 4.98 Å². The molecule has 0 saturated carbocycles. The molecule has 0 N–H and O–H groups in total. The van der Waals surface area contributed by atoms with Gasteiger partial charge in [0.15, 0.2) is 0 Å². The summed E-state index contributed by atoms with van der Waals surface area (Å²) in [6.07, 6.45) is 1.56. The molecule has 0 radical (unpaired) electrons. The lowest BCUT2D eigenvalue weighted by Gasteiger charge is -1.94. The number of halogens is 1. The molecule has 0 atom stereocenters. The number of pyridine rings is 1. The van der Waals surface area contributed by atoms with Gasteiger partial charge in [-0.1, -0.05) is 0 Å². The van der Waals surface area contributed by atoms with E-state index in [1.54, 1.807) is 12.3 Å². The quantitative estimate of drug-likeness (QED) is 0.637. The minimum absolute atomic E-state index is 0.581. The van der Waals surface area contributed by atoms with E-state index in [0.29, 0.717) is 5.56 Å². The van der Waals surface area contributed by atoms with Crippen LogP contribution in [0, 0.1) is 18.3 Å². The first kappa shape index (κ1) is 7.23. The van der Waals surface area contributed by atoms with Gasteiger partial charge >= 0.3 is 0 Å². The van der Waals surface area contributed by atoms with Crippen molar-refractivity contribution in [2.75, 3.05) is 0 Å². The van der Waals surface area contributed by atoms with E-state index in [4.69, 9.17) is 5.26 Å². The second-order valence-electron chi connectivity index (χ2n) is 1.90. The number of aryl methyl sites for hydroxylation is 1. The molecule has 0 aliphatic heterocycles. The Morgan fingerprint density at radius 1 is 1.70 bits per heavy atom. The first-order valence-electron chi connectivity index (χ1n) is 2.76. The monoisotopic (exact) mass is 196 g/mol. The van der Waals surface area contributed by atoms with Crippen LogP contribution >= 0.6 is 15.9 Å². The van der Waals surface area contributed by atoms with Crippen LogP contribution in [-0.2, 0) is 0 Å². The molecule has 0 bridgehead atoms. The topological polar surface area (TPSA) is 36.7 Å². The van der Waals surface area contributed by atoms with E-state index < -0.39 is 0 Å². The Morgan fingerprint density at radius 2 is 2.40 bits per heavy atom. The molecule has 0 aliphatic rings. The van der Waals surface area contributed by atoms with E-state index in [-0.39, 0.29) is 0 Å². The molecule has 2 nitrogen and oxygen atoms in total. The molecular weight excluding hydrogens is 192 g/mol. The van der Waals surface area contributed by atoms with Gasteiger partial charge in [0, 0.05) is 10.7 Å². The predicted octanol–water partition coefficient (Wildman–Crippen LogP) is 2.02. The predicted molar refractivity (Wildman–Crippen MR) is 41.4 cm³/mol. The van der Waals surface area contributed by atoms with Crippen LogP contribution in [0.1, 0.15) is 11.3 Å². The van der Waals surface area contributed by atoms with Crippen molar-refractivity contribution in [3.05, 3.63) is 28.0 Å². The SMILES string of the molecule is Cc1ncc(C#N)cc1Br. The fourth-order valence-corrected chi connectivity index (χ4v) is 0.916. The summed E-state index contributed by atoms with van der Waals surface area (Å²) >= 11 is 3.27. The third kappa shape index (κ3) is 1.34. The second kappa shape index (κ2) is 2.80. The normalized spacial score (nSPS) is 8.90. The van der Waals surface area contributed by atoms with E-state index in [1.807, 2.05) is 13.0 Å². The molecule has 1 heterocycles. The van der Waals surface area contributed by atoms with Gasteiger partial charge in [0.1, 0.15) is 6.07 Å². The molecule has 50 valence electrons. The Labute approximate surface area is 67.6 Å². The van der Waals surface area contributed by atoms with Crippen LogP contribution in [0.15, 0.2) is 16.7 Å². The van der Waals surface area contributed by atoms with Crippen molar-refractivity contribution in [1.82, 2.24) is 4.98 Å². The fourth-order valence-electron chi connectivity index (χ4n) is 0.567. The van der Waals surface area contributed by atoms with Gasteiger partial charge in [0.25, 0.3) is 0 Å². The first-order valence-corrected chi connectivity index (χ1v) is 3.55. The lowest BCUT2D eigenvalue weighted by molar-refractivity contribution is 1.17. The maximum Gasteiger partial charge on any atom is 0.101 e. The van der Waals surface area contributed by atoms with E-state index in [2.05, 4.69) is 20.9 Å². The average Bonchev–Trinajstić information content (AvgIpc) is 1.95. The molecule has 0 fully saturated rings. The third-order valence-corrected chi connectivity index (χ3v) is 1.96. The van der Waals surface area contributed by atoms with Crippen molar-refractivity contribution in [1.29, 1.82) is 5.26 Å². The molecule has 0 aliphatic carbocycles. The minimum atomic E-state index is 0.581. The van der Waals surface area contributed by atoms with Crippen molar-refractivity contribution in [2.45, 2.75) is 6.92 Å². The molecule has 1 aromatic rings. The van der Waals surface area contributed by atoms with Gasteiger partial charge in [-0.05, 0) is 28.9 Å². The molecule has 0 spiro atoms. The number of nitrogens with zero attached hydrogens (tertiary/aromatic N) is 2. The average molecular weight is 197 g/mol. The highest BCUT2D eigenvalue weighted by Crippen LogP contribution is 2.13. The van der Waals surface area contributed by atoms with Crippen LogP contribution in [0.5, 0.6) is 0 Å². The van der Waals surface area contributed by atoms with Crippen molar-refractivity contribution < 1.29 is 0 Å². The molecule has 10 heavy (non-hydrogen) atoms. The zero-order valence-electron chi connectivity index (χ0n) is 5.43. The van der Waals surface area contributed by atoms with E-state index in [9.17, 15) is 0 Å². The van der Waals surface area contributed by atoms with Gasteiger partial charge in [-0.15, -0.1) is 0 Å². The summed E-state index contributed by atoms with van der Waals surface area (Å²) < 4.78 is 0.881. The number of rotatable bonds is 0. The molecule has 3 heteroatoms. The van der Waals surface area contributed by atoms with Crippen molar-refractivity contribution in [3.8, 4) is 6.07 Å².